The van der Waals surface area contributed by atoms with Crippen LogP contribution in [-0.4, -0.2) is 64.7 Å². The van der Waals surface area contributed by atoms with Gasteiger partial charge < -0.3 is 18.9 Å². The number of carbonyl (C=O) groups excluding carboxylic acids is 1. The van der Waals surface area contributed by atoms with Crippen molar-refractivity contribution < 1.29 is 9.32 Å². The Morgan fingerprint density at radius 2 is 1.97 bits per heavy atom. The van der Waals surface area contributed by atoms with Gasteiger partial charge in [-0.1, -0.05) is 31.1 Å². The number of rotatable bonds is 5. The van der Waals surface area contributed by atoms with Crippen LogP contribution in [0.4, 0.5) is 0 Å². The van der Waals surface area contributed by atoms with Gasteiger partial charge in [0.2, 0.25) is 5.91 Å². The van der Waals surface area contributed by atoms with Gasteiger partial charge in [0.25, 0.3) is 0 Å². The average Bonchev–Trinajstić information content (AvgIpc) is 3.26. The van der Waals surface area contributed by atoms with Crippen LogP contribution in [0.15, 0.2) is 28.9 Å². The topological polar surface area (TPSA) is 66.5 Å². The lowest BCUT2D eigenvalue weighted by atomic mass is 9.94. The van der Waals surface area contributed by atoms with E-state index in [1.165, 1.54) is 22.0 Å². The minimum Gasteiger partial charge on any atom is -0.361 e. The Bertz CT molecular complexity index is 1170. The quantitative estimate of drug-likeness (QED) is 0.625. The zero-order chi connectivity index (χ0) is 24.0. The van der Waals surface area contributed by atoms with Gasteiger partial charge in [0.05, 0.1) is 18.3 Å². The summed E-state index contributed by atoms with van der Waals surface area (Å²) in [7, 11) is 2.12. The molecule has 182 valence electrons. The maximum absolute atomic E-state index is 13.7. The largest absolute Gasteiger partial charge is 0.361 e. The van der Waals surface area contributed by atoms with Crippen molar-refractivity contribution in [3.05, 3.63) is 52.5 Å². The molecule has 0 saturated carbocycles. The van der Waals surface area contributed by atoms with Gasteiger partial charge in [-0.15, -0.1) is 0 Å². The fraction of sp³-hybridized carbons (Fsp3) is 0.556. The fourth-order valence-electron chi connectivity index (χ4n) is 5.63. The summed E-state index contributed by atoms with van der Waals surface area (Å²) >= 11 is 0. The normalized spacial score (nSPS) is 21.4. The molecule has 1 amide bonds. The van der Waals surface area contributed by atoms with Crippen molar-refractivity contribution in [2.45, 2.75) is 59.2 Å². The summed E-state index contributed by atoms with van der Waals surface area (Å²) in [5, 5.41) is 9.25. The predicted molar refractivity (Wildman–Crippen MR) is 134 cm³/mol. The molecule has 0 radical (unpaired) electrons. The maximum Gasteiger partial charge on any atom is 0.240 e. The van der Waals surface area contributed by atoms with E-state index in [1.54, 1.807) is 0 Å². The van der Waals surface area contributed by atoms with E-state index >= 15 is 0 Å². The summed E-state index contributed by atoms with van der Waals surface area (Å²) in [5.74, 6) is 1.63. The highest BCUT2D eigenvalue weighted by atomic mass is 16.5. The van der Waals surface area contributed by atoms with Gasteiger partial charge in [0.1, 0.15) is 5.76 Å². The lowest BCUT2D eigenvalue weighted by molar-refractivity contribution is -0.135. The Labute approximate surface area is 202 Å². The molecule has 7 heteroatoms. The summed E-state index contributed by atoms with van der Waals surface area (Å²) in [6.45, 7) is 12.7. The molecule has 2 aliphatic heterocycles. The molecule has 1 fully saturated rings. The number of aromatic nitrogens is 2. The van der Waals surface area contributed by atoms with E-state index in [1.807, 2.05) is 13.8 Å². The molecule has 2 aromatic heterocycles. The van der Waals surface area contributed by atoms with Gasteiger partial charge in [-0.2, -0.15) is 0 Å². The Balaban J connectivity index is 1.54. The molecule has 5 rings (SSSR count). The van der Waals surface area contributed by atoms with Crippen molar-refractivity contribution in [2.75, 3.05) is 33.2 Å². The Morgan fingerprint density at radius 1 is 1.21 bits per heavy atom. The van der Waals surface area contributed by atoms with Crippen LogP contribution in [0.3, 0.4) is 0 Å². The molecule has 0 bridgehead atoms. The number of benzene rings is 1. The summed E-state index contributed by atoms with van der Waals surface area (Å²) in [6, 6.07) is 6.55. The van der Waals surface area contributed by atoms with Crippen molar-refractivity contribution in [3.63, 3.8) is 0 Å². The second-order valence-electron chi connectivity index (χ2n) is 10.6. The van der Waals surface area contributed by atoms with E-state index in [0.717, 1.165) is 56.2 Å². The van der Waals surface area contributed by atoms with Crippen molar-refractivity contribution in [3.8, 4) is 0 Å². The maximum atomic E-state index is 13.7. The van der Waals surface area contributed by atoms with E-state index in [2.05, 4.69) is 70.1 Å². The first-order valence-electron chi connectivity index (χ1n) is 12.6. The molecule has 1 saturated heterocycles. The molecule has 7 nitrogen and oxygen atoms in total. The summed E-state index contributed by atoms with van der Waals surface area (Å²) in [4.78, 5) is 18.0. The van der Waals surface area contributed by atoms with Crippen molar-refractivity contribution in [2.24, 2.45) is 5.92 Å². The predicted octanol–water partition coefficient (Wildman–Crippen LogP) is 3.67. The van der Waals surface area contributed by atoms with E-state index in [-0.39, 0.29) is 18.0 Å². The molecular weight excluding hydrogens is 426 g/mol. The molecule has 4 heterocycles. The molecular formula is C27H37N5O2. The Morgan fingerprint density at radius 3 is 2.65 bits per heavy atom. The van der Waals surface area contributed by atoms with Gasteiger partial charge in [-0.25, -0.2) is 0 Å². The summed E-state index contributed by atoms with van der Waals surface area (Å²) in [6.07, 6.45) is 3.96. The molecule has 1 aromatic carbocycles. The third-order valence-corrected chi connectivity index (χ3v) is 7.55. The van der Waals surface area contributed by atoms with Crippen molar-refractivity contribution in [1.29, 1.82) is 0 Å². The minimum absolute atomic E-state index is 0.154. The third-order valence-electron chi connectivity index (χ3n) is 7.55. The number of carbonyl (C=O) groups is 1. The van der Waals surface area contributed by atoms with E-state index in [9.17, 15) is 4.79 Å². The molecule has 0 unspecified atom stereocenters. The van der Waals surface area contributed by atoms with Crippen LogP contribution in [0.1, 0.15) is 54.5 Å². The number of aryl methyl sites for hydroxylation is 2. The molecule has 0 aliphatic carbocycles. The standard InChI is InChI=1S/C27H37N5O2/c1-17(2)13-23-21-7-6-8-25-26(21)20(15-32(25)16-22-18(3)29-34-19(22)4)14-24(28-23)27(33)31-11-9-30(5)10-12-31/h6-8,15,17,23-24,28H,9-14,16H2,1-5H3/t23-,24-/m0/s1. The van der Waals surface area contributed by atoms with Crippen molar-refractivity contribution in [1.82, 2.24) is 24.8 Å². The zero-order valence-electron chi connectivity index (χ0n) is 21.1. The van der Waals surface area contributed by atoms with Gasteiger partial charge in [0.15, 0.2) is 0 Å². The van der Waals surface area contributed by atoms with E-state index in [4.69, 9.17) is 4.52 Å². The number of piperazine rings is 1. The Kier molecular flexibility index (Phi) is 6.25. The van der Waals surface area contributed by atoms with Crippen LogP contribution in [0, 0.1) is 19.8 Å². The highest BCUT2D eigenvalue weighted by Gasteiger charge is 2.34. The van der Waals surface area contributed by atoms with Gasteiger partial charge in [-0.3, -0.25) is 10.1 Å². The second kappa shape index (κ2) is 9.19. The lowest BCUT2D eigenvalue weighted by Gasteiger charge is -2.35. The molecule has 0 spiro atoms. The van der Waals surface area contributed by atoms with Gasteiger partial charge in [0, 0.05) is 54.9 Å². The monoisotopic (exact) mass is 463 g/mol. The first kappa shape index (κ1) is 23.1. The SMILES string of the molecule is Cc1noc(C)c1Cn1cc2c3c(cccc31)[C@H](CC(C)C)N[C@H](C(=O)N1CCN(C)CC1)C2. The third kappa shape index (κ3) is 4.27. The average molecular weight is 464 g/mol. The molecule has 2 aliphatic rings. The van der Waals surface area contributed by atoms with E-state index < -0.39 is 0 Å². The molecule has 3 aromatic rings. The molecule has 2 atom stereocenters. The highest BCUT2D eigenvalue weighted by molar-refractivity contribution is 5.90. The number of amides is 1. The number of likely N-dealkylation sites (N-methyl/N-ethyl adjacent to an activating group) is 1. The van der Waals surface area contributed by atoms with Crippen LogP contribution in [0.5, 0.6) is 0 Å². The smallest absolute Gasteiger partial charge is 0.240 e. The van der Waals surface area contributed by atoms with Crippen LogP contribution in [0.2, 0.25) is 0 Å². The first-order valence-corrected chi connectivity index (χ1v) is 12.6. The number of nitrogens with zero attached hydrogens (tertiary/aromatic N) is 4. The highest BCUT2D eigenvalue weighted by Crippen LogP contribution is 2.36. The van der Waals surface area contributed by atoms with Crippen LogP contribution < -0.4 is 5.32 Å². The first-order chi connectivity index (χ1) is 16.3. The fourth-order valence-corrected chi connectivity index (χ4v) is 5.63. The van der Waals surface area contributed by atoms with Crippen LogP contribution in [0.25, 0.3) is 10.9 Å². The number of hydrogen-bond donors (Lipinski definition) is 1. The molecule has 34 heavy (non-hydrogen) atoms. The van der Waals surface area contributed by atoms with Gasteiger partial charge in [-0.05, 0) is 56.8 Å². The van der Waals surface area contributed by atoms with Crippen molar-refractivity contribution >= 4 is 16.8 Å². The van der Waals surface area contributed by atoms with Gasteiger partial charge >= 0.3 is 0 Å². The van der Waals surface area contributed by atoms with E-state index in [0.29, 0.717) is 12.3 Å². The lowest BCUT2D eigenvalue weighted by Crippen LogP contribution is -2.54. The summed E-state index contributed by atoms with van der Waals surface area (Å²) < 4.78 is 7.74. The second-order valence-corrected chi connectivity index (χ2v) is 10.6. The van der Waals surface area contributed by atoms with Crippen LogP contribution in [-0.2, 0) is 17.8 Å². The summed E-state index contributed by atoms with van der Waals surface area (Å²) in [5.41, 5.74) is 5.85. The molecule has 1 N–H and O–H groups in total. The zero-order valence-corrected chi connectivity index (χ0v) is 21.1. The van der Waals surface area contributed by atoms with Crippen LogP contribution >= 0.6 is 0 Å². The number of nitrogens with one attached hydrogen (secondary N) is 1. The Hall–Kier alpha value is -2.64. The minimum atomic E-state index is -0.210. The number of hydrogen-bond acceptors (Lipinski definition) is 5.